The highest BCUT2D eigenvalue weighted by Crippen LogP contribution is 2.30. The molecule has 1 aromatic carbocycles. The van der Waals surface area contributed by atoms with E-state index in [1.807, 2.05) is 10.6 Å². The summed E-state index contributed by atoms with van der Waals surface area (Å²) in [5.41, 5.74) is 0.224. The molecule has 1 fully saturated rings. The van der Waals surface area contributed by atoms with Gasteiger partial charge in [-0.05, 0) is 35.2 Å². The van der Waals surface area contributed by atoms with E-state index >= 15 is 0 Å². The normalized spacial score (nSPS) is 13.7. The smallest absolute Gasteiger partial charge is 0.353 e. The Balaban J connectivity index is 1.86. The van der Waals surface area contributed by atoms with Crippen molar-refractivity contribution in [3.63, 3.8) is 0 Å². The lowest BCUT2D eigenvalue weighted by Gasteiger charge is -2.14. The number of ether oxygens (including phenoxy) is 2. The fourth-order valence-electron chi connectivity index (χ4n) is 2.18. The van der Waals surface area contributed by atoms with E-state index in [2.05, 4.69) is 0 Å². The van der Waals surface area contributed by atoms with Crippen LogP contribution in [0.1, 0.15) is 15.2 Å². The Morgan fingerprint density at radius 3 is 2.42 bits per heavy atom. The van der Waals surface area contributed by atoms with Crippen LogP contribution in [-0.2, 0) is 9.59 Å². The largest absolute Gasteiger partial charge is 0.493 e. The van der Waals surface area contributed by atoms with Crippen LogP contribution in [0, 0.1) is 0 Å². The van der Waals surface area contributed by atoms with Crippen LogP contribution in [0.2, 0.25) is 0 Å². The molecular weight excluding hydrogens is 360 g/mol. The van der Waals surface area contributed by atoms with Gasteiger partial charge < -0.3 is 9.47 Å². The summed E-state index contributed by atoms with van der Waals surface area (Å²) in [6.45, 7) is 0. The van der Waals surface area contributed by atoms with Crippen LogP contribution in [0.5, 0.6) is 11.5 Å². The number of benzene rings is 1. The predicted octanol–water partition coefficient (Wildman–Crippen LogP) is 1.73. The Labute approximate surface area is 151 Å². The molecule has 2 N–H and O–H groups in total. The molecule has 0 unspecified atom stereocenters. The van der Waals surface area contributed by atoms with E-state index in [9.17, 15) is 19.2 Å². The van der Waals surface area contributed by atoms with Gasteiger partial charge >= 0.3 is 12.0 Å². The van der Waals surface area contributed by atoms with Gasteiger partial charge in [-0.3, -0.25) is 20.2 Å². The van der Waals surface area contributed by atoms with Crippen molar-refractivity contribution in [2.75, 3.05) is 7.11 Å². The van der Waals surface area contributed by atoms with Crippen LogP contribution >= 0.6 is 11.3 Å². The Kier molecular flexibility index (Phi) is 4.81. The maximum absolute atomic E-state index is 12.0. The number of rotatable bonds is 4. The number of carbonyl (C=O) groups is 4. The van der Waals surface area contributed by atoms with Crippen molar-refractivity contribution in [2.24, 2.45) is 0 Å². The summed E-state index contributed by atoms with van der Waals surface area (Å²) in [6.07, 6.45) is 1.30. The molecule has 0 radical (unpaired) electrons. The number of hydrogen-bond donors (Lipinski definition) is 2. The van der Waals surface area contributed by atoms with Crippen molar-refractivity contribution in [3.8, 4) is 11.5 Å². The number of methoxy groups -OCH3 is 1. The van der Waals surface area contributed by atoms with Crippen molar-refractivity contribution in [1.29, 1.82) is 0 Å². The highest BCUT2D eigenvalue weighted by atomic mass is 32.1. The average Bonchev–Trinajstić information content (AvgIpc) is 3.13. The third-order valence-corrected chi connectivity index (χ3v) is 4.22. The molecule has 2 heterocycles. The second-order valence-corrected chi connectivity index (χ2v) is 6.02. The van der Waals surface area contributed by atoms with Gasteiger partial charge in [-0.15, -0.1) is 11.3 Å². The van der Waals surface area contributed by atoms with E-state index in [0.717, 1.165) is 0 Å². The fraction of sp³-hybridized carbons (Fsp3) is 0.0588. The van der Waals surface area contributed by atoms with Crippen LogP contribution in [0.25, 0.3) is 6.08 Å². The van der Waals surface area contributed by atoms with E-state index < -0.39 is 23.8 Å². The predicted molar refractivity (Wildman–Crippen MR) is 91.9 cm³/mol. The van der Waals surface area contributed by atoms with Gasteiger partial charge in [0, 0.05) is 0 Å². The molecule has 26 heavy (non-hydrogen) atoms. The molecule has 0 atom stereocenters. The molecule has 0 spiro atoms. The summed E-state index contributed by atoms with van der Waals surface area (Å²) < 4.78 is 10.5. The lowest BCUT2D eigenvalue weighted by Crippen LogP contribution is -2.51. The van der Waals surface area contributed by atoms with E-state index in [1.54, 1.807) is 23.6 Å². The number of thiophene rings is 1. The van der Waals surface area contributed by atoms with E-state index in [1.165, 1.54) is 36.7 Å². The number of carbonyl (C=O) groups excluding carboxylic acids is 4. The van der Waals surface area contributed by atoms with Gasteiger partial charge in [0.2, 0.25) is 0 Å². The van der Waals surface area contributed by atoms with E-state index in [0.29, 0.717) is 10.4 Å². The third-order valence-electron chi connectivity index (χ3n) is 3.37. The summed E-state index contributed by atoms with van der Waals surface area (Å²) in [7, 11) is 1.40. The Morgan fingerprint density at radius 2 is 1.81 bits per heavy atom. The fourth-order valence-corrected chi connectivity index (χ4v) is 2.77. The maximum Gasteiger partial charge on any atom is 0.353 e. The number of urea groups is 1. The topological polar surface area (TPSA) is 111 Å². The molecule has 9 heteroatoms. The number of barbiturate groups is 1. The SMILES string of the molecule is COc1cc(C=C2C(=O)NC(=O)NC2=O)ccc1OC(=O)c1cccs1. The second-order valence-electron chi connectivity index (χ2n) is 5.07. The zero-order valence-corrected chi connectivity index (χ0v) is 14.2. The molecule has 0 aliphatic carbocycles. The monoisotopic (exact) mass is 372 g/mol. The van der Waals surface area contributed by atoms with Crippen molar-refractivity contribution in [3.05, 3.63) is 51.7 Å². The van der Waals surface area contributed by atoms with Crippen molar-refractivity contribution in [2.45, 2.75) is 0 Å². The zero-order valence-electron chi connectivity index (χ0n) is 13.4. The number of esters is 1. The molecule has 132 valence electrons. The summed E-state index contributed by atoms with van der Waals surface area (Å²) in [5, 5.41) is 5.73. The first-order chi connectivity index (χ1) is 12.5. The molecule has 0 bridgehead atoms. The first-order valence-electron chi connectivity index (χ1n) is 7.30. The molecule has 1 aliphatic heterocycles. The number of nitrogens with one attached hydrogen (secondary N) is 2. The highest BCUT2D eigenvalue weighted by Gasteiger charge is 2.27. The van der Waals surface area contributed by atoms with Crippen molar-refractivity contribution < 1.29 is 28.7 Å². The maximum atomic E-state index is 12.0. The molecular formula is C17H12N2O6S. The standard InChI is InChI=1S/C17H12N2O6S/c1-24-12-8-9(7-10-14(20)18-17(23)19-15(10)21)4-5-11(12)25-16(22)13-3-2-6-26-13/h2-8H,1H3,(H2,18,19,20,21,23). The lowest BCUT2D eigenvalue weighted by atomic mass is 10.1. The number of amides is 4. The molecule has 1 aromatic heterocycles. The third kappa shape index (κ3) is 3.62. The molecule has 8 nitrogen and oxygen atoms in total. The quantitative estimate of drug-likeness (QED) is 0.366. The van der Waals surface area contributed by atoms with Gasteiger partial charge in [-0.2, -0.15) is 0 Å². The lowest BCUT2D eigenvalue weighted by molar-refractivity contribution is -0.123. The number of hydrogen-bond acceptors (Lipinski definition) is 7. The Morgan fingerprint density at radius 1 is 1.08 bits per heavy atom. The van der Waals surface area contributed by atoms with Gasteiger partial charge in [0.15, 0.2) is 11.5 Å². The summed E-state index contributed by atoms with van der Waals surface area (Å²) in [6, 6.07) is 7.04. The second kappa shape index (κ2) is 7.19. The Hall–Kier alpha value is -3.46. The summed E-state index contributed by atoms with van der Waals surface area (Å²) >= 11 is 1.25. The molecule has 1 aliphatic rings. The van der Waals surface area contributed by atoms with Crippen LogP contribution < -0.4 is 20.1 Å². The summed E-state index contributed by atoms with van der Waals surface area (Å²) in [5.74, 6) is -1.68. The van der Waals surface area contributed by atoms with Gasteiger partial charge in [0.05, 0.1) is 7.11 Å². The van der Waals surface area contributed by atoms with Gasteiger partial charge in [-0.25, -0.2) is 9.59 Å². The molecule has 2 aromatic rings. The van der Waals surface area contributed by atoms with E-state index in [-0.39, 0.29) is 17.1 Å². The number of imide groups is 2. The minimum atomic E-state index is -0.870. The molecule has 3 rings (SSSR count). The van der Waals surface area contributed by atoms with Crippen molar-refractivity contribution in [1.82, 2.24) is 10.6 Å². The zero-order chi connectivity index (χ0) is 18.7. The van der Waals surface area contributed by atoms with Gasteiger partial charge in [0.1, 0.15) is 10.5 Å². The van der Waals surface area contributed by atoms with Crippen LogP contribution in [0.4, 0.5) is 4.79 Å². The van der Waals surface area contributed by atoms with Crippen LogP contribution in [0.15, 0.2) is 41.3 Å². The van der Waals surface area contributed by atoms with E-state index in [4.69, 9.17) is 9.47 Å². The first kappa shape index (κ1) is 17.4. The van der Waals surface area contributed by atoms with Crippen molar-refractivity contribution >= 4 is 41.2 Å². The van der Waals surface area contributed by atoms with Gasteiger partial charge in [-0.1, -0.05) is 12.1 Å². The minimum absolute atomic E-state index is 0.195. The average molecular weight is 372 g/mol. The minimum Gasteiger partial charge on any atom is -0.493 e. The summed E-state index contributed by atoms with van der Waals surface area (Å²) in [4.78, 5) is 47.1. The molecule has 4 amide bonds. The molecule has 1 saturated heterocycles. The first-order valence-corrected chi connectivity index (χ1v) is 8.18. The molecule has 0 saturated carbocycles. The van der Waals surface area contributed by atoms with Gasteiger partial charge in [0.25, 0.3) is 11.8 Å². The van der Waals surface area contributed by atoms with Crippen LogP contribution in [-0.4, -0.2) is 30.9 Å². The highest BCUT2D eigenvalue weighted by molar-refractivity contribution is 7.12. The Bertz CT molecular complexity index is 911. The van der Waals surface area contributed by atoms with Crippen LogP contribution in [0.3, 0.4) is 0 Å².